The second kappa shape index (κ2) is 8.21. The van der Waals surface area contributed by atoms with E-state index in [4.69, 9.17) is 4.74 Å². The van der Waals surface area contributed by atoms with Crippen molar-refractivity contribution in [2.24, 2.45) is 11.3 Å². The Labute approximate surface area is 151 Å². The van der Waals surface area contributed by atoms with Crippen molar-refractivity contribution in [2.75, 3.05) is 20.2 Å². The van der Waals surface area contributed by atoms with Crippen LogP contribution in [0, 0.1) is 11.3 Å². The van der Waals surface area contributed by atoms with Gasteiger partial charge in [-0.15, -0.1) is 12.4 Å². The summed E-state index contributed by atoms with van der Waals surface area (Å²) in [5.41, 5.74) is 1.61. The number of ether oxygens (including phenoxy) is 1. The first-order valence-electron chi connectivity index (χ1n) is 8.77. The highest BCUT2D eigenvalue weighted by Gasteiger charge is 2.57. The molecule has 2 aliphatic rings. The number of benzene rings is 1. The van der Waals surface area contributed by atoms with Gasteiger partial charge in [-0.3, -0.25) is 4.79 Å². The van der Waals surface area contributed by atoms with Gasteiger partial charge >= 0.3 is 0 Å². The Kier molecular flexibility index (Phi) is 6.53. The summed E-state index contributed by atoms with van der Waals surface area (Å²) < 4.78 is 5.17. The molecule has 0 bridgehead atoms. The van der Waals surface area contributed by atoms with Gasteiger partial charge in [-0.25, -0.2) is 0 Å². The van der Waals surface area contributed by atoms with Gasteiger partial charge in [0, 0.05) is 12.0 Å². The van der Waals surface area contributed by atoms with E-state index in [0.717, 1.165) is 50.9 Å². The molecule has 1 spiro atoms. The zero-order valence-corrected chi connectivity index (χ0v) is 15.5. The summed E-state index contributed by atoms with van der Waals surface area (Å²) in [5.74, 6) is 1.42. The fraction of sp³-hybridized carbons (Fsp3) is 0.632. The van der Waals surface area contributed by atoms with Crippen LogP contribution in [0.1, 0.15) is 38.2 Å². The normalized spacial score (nSPS) is 22.3. The van der Waals surface area contributed by atoms with E-state index < -0.39 is 0 Å². The highest BCUT2D eigenvalue weighted by Crippen LogP contribution is 2.58. The fourth-order valence-corrected chi connectivity index (χ4v) is 3.79. The highest BCUT2D eigenvalue weighted by molar-refractivity contribution is 5.85. The minimum Gasteiger partial charge on any atom is -0.497 e. The summed E-state index contributed by atoms with van der Waals surface area (Å²) in [6, 6.07) is 8.40. The van der Waals surface area contributed by atoms with E-state index in [1.807, 2.05) is 12.1 Å². The van der Waals surface area contributed by atoms with Crippen molar-refractivity contribution in [1.29, 1.82) is 0 Å². The van der Waals surface area contributed by atoms with Crippen molar-refractivity contribution in [3.63, 3.8) is 0 Å². The first kappa shape index (κ1) is 19.1. The van der Waals surface area contributed by atoms with Crippen molar-refractivity contribution in [1.82, 2.24) is 10.6 Å². The van der Waals surface area contributed by atoms with Crippen LogP contribution in [0.4, 0.5) is 0 Å². The van der Waals surface area contributed by atoms with Crippen LogP contribution in [0.2, 0.25) is 0 Å². The van der Waals surface area contributed by atoms with Crippen molar-refractivity contribution in [3.05, 3.63) is 29.8 Å². The number of rotatable bonds is 6. The summed E-state index contributed by atoms with van der Waals surface area (Å²) in [7, 11) is 1.68. The number of carbonyl (C=O) groups excluding carboxylic acids is 1. The minimum absolute atomic E-state index is 0. The average Bonchev–Trinajstić information content (AvgIpc) is 3.27. The van der Waals surface area contributed by atoms with Crippen LogP contribution in [-0.2, 0) is 11.2 Å². The summed E-state index contributed by atoms with van der Waals surface area (Å²) in [6.07, 6.45) is 5.35. The van der Waals surface area contributed by atoms with Gasteiger partial charge < -0.3 is 15.4 Å². The number of aryl methyl sites for hydroxylation is 1. The minimum atomic E-state index is 0. The molecule has 134 valence electrons. The molecule has 1 aromatic carbocycles. The Bertz CT molecular complexity index is 541. The quantitative estimate of drug-likeness (QED) is 0.827. The van der Waals surface area contributed by atoms with Crippen molar-refractivity contribution in [2.45, 2.75) is 45.1 Å². The van der Waals surface area contributed by atoms with E-state index in [-0.39, 0.29) is 30.3 Å². The Morgan fingerprint density at radius 1 is 1.33 bits per heavy atom. The molecule has 0 radical (unpaired) electrons. The van der Waals surface area contributed by atoms with Gasteiger partial charge in [0.2, 0.25) is 5.91 Å². The van der Waals surface area contributed by atoms with Crippen LogP contribution in [0.15, 0.2) is 24.3 Å². The molecular weight excluding hydrogens is 324 g/mol. The molecule has 5 heteroatoms. The first-order valence-corrected chi connectivity index (χ1v) is 8.77. The maximum Gasteiger partial charge on any atom is 0.223 e. The maximum absolute atomic E-state index is 12.4. The molecule has 2 N–H and O–H groups in total. The van der Waals surface area contributed by atoms with Crippen LogP contribution in [0.5, 0.6) is 5.75 Å². The van der Waals surface area contributed by atoms with Crippen molar-refractivity contribution < 1.29 is 9.53 Å². The fourth-order valence-electron chi connectivity index (χ4n) is 3.79. The molecule has 2 fully saturated rings. The molecule has 1 saturated carbocycles. The number of nitrogens with one attached hydrogen (secondary N) is 2. The third-order valence-electron chi connectivity index (χ3n) is 5.52. The molecule has 1 amide bonds. The zero-order valence-electron chi connectivity index (χ0n) is 14.6. The summed E-state index contributed by atoms with van der Waals surface area (Å²) in [5, 5.41) is 6.61. The molecule has 2 atom stereocenters. The number of hydrogen-bond acceptors (Lipinski definition) is 3. The Morgan fingerprint density at radius 2 is 2.00 bits per heavy atom. The monoisotopic (exact) mass is 352 g/mol. The number of amides is 1. The first-order chi connectivity index (χ1) is 11.1. The van der Waals surface area contributed by atoms with Crippen LogP contribution in [0.25, 0.3) is 0 Å². The van der Waals surface area contributed by atoms with Gasteiger partial charge in [-0.05, 0) is 75.2 Å². The van der Waals surface area contributed by atoms with Gasteiger partial charge in [0.05, 0.1) is 7.11 Å². The molecule has 1 aromatic rings. The zero-order chi connectivity index (χ0) is 16.3. The molecular formula is C19H29ClN2O2. The second-order valence-electron chi connectivity index (χ2n) is 7.17. The van der Waals surface area contributed by atoms with Crippen LogP contribution < -0.4 is 15.4 Å². The predicted octanol–water partition coefficient (Wildman–Crippen LogP) is 2.94. The molecule has 2 unspecified atom stereocenters. The van der Waals surface area contributed by atoms with Gasteiger partial charge in [0.25, 0.3) is 0 Å². The van der Waals surface area contributed by atoms with Crippen LogP contribution >= 0.6 is 12.4 Å². The third-order valence-corrected chi connectivity index (χ3v) is 5.52. The molecule has 1 aliphatic carbocycles. The third kappa shape index (κ3) is 4.42. The van der Waals surface area contributed by atoms with Crippen LogP contribution in [-0.4, -0.2) is 32.1 Å². The van der Waals surface area contributed by atoms with E-state index in [0.29, 0.717) is 5.41 Å². The lowest BCUT2D eigenvalue weighted by molar-refractivity contribution is -0.123. The Balaban J connectivity index is 0.00000208. The lowest BCUT2D eigenvalue weighted by Crippen LogP contribution is -2.37. The predicted molar refractivity (Wildman–Crippen MR) is 98.8 cm³/mol. The standard InChI is InChI=1S/C19H28N2O2.ClH/c1-14(3-4-15-5-7-16(23-2)8-6-15)21-18(22)17-13-19(17)9-11-20-12-10-19;/h5-8,14,17,20H,3-4,9-13H2,1-2H3,(H,21,22);1H. The maximum atomic E-state index is 12.4. The second-order valence-corrected chi connectivity index (χ2v) is 7.17. The summed E-state index contributed by atoms with van der Waals surface area (Å²) in [6.45, 7) is 4.24. The molecule has 24 heavy (non-hydrogen) atoms. The molecule has 3 rings (SSSR count). The van der Waals surface area contributed by atoms with Crippen molar-refractivity contribution in [3.8, 4) is 5.75 Å². The van der Waals surface area contributed by atoms with Gasteiger partial charge in [0.15, 0.2) is 0 Å². The Morgan fingerprint density at radius 3 is 2.62 bits per heavy atom. The lowest BCUT2D eigenvalue weighted by atomic mass is 9.91. The van der Waals surface area contributed by atoms with E-state index in [1.54, 1.807) is 7.11 Å². The summed E-state index contributed by atoms with van der Waals surface area (Å²) in [4.78, 5) is 12.4. The van der Waals surface area contributed by atoms with E-state index in [1.165, 1.54) is 5.56 Å². The number of hydrogen-bond donors (Lipinski definition) is 2. The SMILES string of the molecule is COc1ccc(CCC(C)NC(=O)C2CC23CCNCC3)cc1.Cl. The Hall–Kier alpha value is -1.26. The smallest absolute Gasteiger partial charge is 0.223 e. The topological polar surface area (TPSA) is 50.4 Å². The number of piperidine rings is 1. The molecule has 1 saturated heterocycles. The number of methoxy groups -OCH3 is 1. The van der Waals surface area contributed by atoms with Crippen molar-refractivity contribution >= 4 is 18.3 Å². The van der Waals surface area contributed by atoms with Gasteiger partial charge in [-0.2, -0.15) is 0 Å². The highest BCUT2D eigenvalue weighted by atomic mass is 35.5. The molecule has 1 aliphatic heterocycles. The average molecular weight is 353 g/mol. The summed E-state index contributed by atoms with van der Waals surface area (Å²) >= 11 is 0. The number of carbonyl (C=O) groups is 1. The van der Waals surface area contributed by atoms with E-state index in [9.17, 15) is 4.79 Å². The van der Waals surface area contributed by atoms with Gasteiger partial charge in [-0.1, -0.05) is 12.1 Å². The molecule has 1 heterocycles. The molecule has 0 aromatic heterocycles. The largest absolute Gasteiger partial charge is 0.497 e. The number of halogens is 1. The van der Waals surface area contributed by atoms with Crippen LogP contribution in [0.3, 0.4) is 0 Å². The molecule has 4 nitrogen and oxygen atoms in total. The van der Waals surface area contributed by atoms with E-state index in [2.05, 4.69) is 29.7 Å². The van der Waals surface area contributed by atoms with Gasteiger partial charge in [0.1, 0.15) is 5.75 Å². The van der Waals surface area contributed by atoms with E-state index >= 15 is 0 Å². The lowest BCUT2D eigenvalue weighted by Gasteiger charge is -2.23.